The van der Waals surface area contributed by atoms with Crippen LogP contribution in [0.3, 0.4) is 0 Å². The number of fused-ring (bicyclic) bond motifs is 1. The molecule has 1 amide bonds. The van der Waals surface area contributed by atoms with Gasteiger partial charge in [-0.25, -0.2) is 0 Å². The smallest absolute Gasteiger partial charge is 0.251 e. The summed E-state index contributed by atoms with van der Waals surface area (Å²) in [6.45, 7) is 0. The van der Waals surface area contributed by atoms with Crippen LogP contribution >= 0.6 is 0 Å². The van der Waals surface area contributed by atoms with Crippen LogP contribution in [-0.2, 0) is 4.79 Å². The van der Waals surface area contributed by atoms with Gasteiger partial charge in [0, 0.05) is 17.4 Å². The molecule has 0 aliphatic carbocycles. The van der Waals surface area contributed by atoms with Crippen molar-refractivity contribution < 1.29 is 9.53 Å². The number of carbonyl (C=O) groups is 1. The van der Waals surface area contributed by atoms with E-state index < -0.39 is 6.04 Å². The van der Waals surface area contributed by atoms with Gasteiger partial charge in [-0.15, -0.1) is 0 Å². The molecule has 4 rings (SSSR count). The molecule has 0 aliphatic heterocycles. The largest absolute Gasteiger partial charge is 0.497 e. The van der Waals surface area contributed by atoms with Crippen molar-refractivity contribution in [3.63, 3.8) is 0 Å². The summed E-state index contributed by atoms with van der Waals surface area (Å²) >= 11 is 0. The zero-order chi connectivity index (χ0) is 20.1. The number of rotatable bonds is 6. The van der Waals surface area contributed by atoms with Crippen LogP contribution in [0.1, 0.15) is 11.6 Å². The minimum absolute atomic E-state index is 0.141. The maximum absolute atomic E-state index is 13.2. The van der Waals surface area contributed by atoms with Gasteiger partial charge < -0.3 is 15.4 Å². The quantitative estimate of drug-likeness (QED) is 0.454. The van der Waals surface area contributed by atoms with Gasteiger partial charge in [0.2, 0.25) is 0 Å². The molecule has 0 unspecified atom stereocenters. The molecule has 0 radical (unpaired) electrons. The van der Waals surface area contributed by atoms with Gasteiger partial charge in [0.15, 0.2) is 0 Å². The van der Waals surface area contributed by atoms with Gasteiger partial charge in [0.05, 0.1) is 7.11 Å². The molecular weight excluding hydrogens is 360 g/mol. The molecule has 0 spiro atoms. The summed E-state index contributed by atoms with van der Waals surface area (Å²) < 4.78 is 5.25. The van der Waals surface area contributed by atoms with Gasteiger partial charge in [-0.05, 0) is 40.6 Å². The van der Waals surface area contributed by atoms with E-state index in [1.54, 1.807) is 13.2 Å². The first kappa shape index (κ1) is 18.6. The molecule has 0 bridgehead atoms. The lowest BCUT2D eigenvalue weighted by atomic mass is 10.0. The second-order valence-corrected chi connectivity index (χ2v) is 6.77. The molecule has 4 nitrogen and oxygen atoms in total. The molecule has 4 aromatic carbocycles. The van der Waals surface area contributed by atoms with Crippen LogP contribution < -0.4 is 15.4 Å². The second kappa shape index (κ2) is 8.48. The summed E-state index contributed by atoms with van der Waals surface area (Å²) in [4.78, 5) is 13.2. The molecule has 0 heterocycles. The number of anilines is 2. The molecule has 0 saturated heterocycles. The first-order valence-electron chi connectivity index (χ1n) is 9.48. The molecule has 0 saturated carbocycles. The van der Waals surface area contributed by atoms with Gasteiger partial charge >= 0.3 is 0 Å². The van der Waals surface area contributed by atoms with Gasteiger partial charge in [0.1, 0.15) is 11.8 Å². The highest BCUT2D eigenvalue weighted by molar-refractivity contribution is 5.98. The number of hydrogen-bond acceptors (Lipinski definition) is 3. The minimum Gasteiger partial charge on any atom is -0.497 e. The zero-order valence-corrected chi connectivity index (χ0v) is 16.1. The maximum Gasteiger partial charge on any atom is 0.251 e. The van der Waals surface area contributed by atoms with Gasteiger partial charge in [-0.1, -0.05) is 66.7 Å². The monoisotopic (exact) mass is 382 g/mol. The Bertz CT molecular complexity index is 1130. The fraction of sp³-hybridized carbons (Fsp3) is 0.0800. The topological polar surface area (TPSA) is 50.4 Å². The van der Waals surface area contributed by atoms with Crippen LogP contribution in [0.25, 0.3) is 10.8 Å². The van der Waals surface area contributed by atoms with Crippen molar-refractivity contribution in [3.05, 3.63) is 103 Å². The summed E-state index contributed by atoms with van der Waals surface area (Å²) in [5.74, 6) is 0.555. The first-order chi connectivity index (χ1) is 14.2. The number of amides is 1. The van der Waals surface area contributed by atoms with Crippen LogP contribution in [0.5, 0.6) is 5.75 Å². The van der Waals surface area contributed by atoms with Crippen molar-refractivity contribution in [1.82, 2.24) is 0 Å². The van der Waals surface area contributed by atoms with E-state index in [9.17, 15) is 4.79 Å². The Labute approximate surface area is 170 Å². The highest BCUT2D eigenvalue weighted by atomic mass is 16.5. The normalized spacial score (nSPS) is 11.6. The third-order valence-corrected chi connectivity index (χ3v) is 4.79. The Hall–Kier alpha value is -3.79. The molecule has 4 aromatic rings. The molecule has 0 fully saturated rings. The number of nitrogens with one attached hydrogen (secondary N) is 2. The van der Waals surface area contributed by atoms with E-state index in [-0.39, 0.29) is 5.91 Å². The molecule has 2 N–H and O–H groups in total. The van der Waals surface area contributed by atoms with Crippen molar-refractivity contribution in [2.24, 2.45) is 0 Å². The SMILES string of the molecule is COc1cccc(NC(=O)[C@@H](Nc2ccc3ccccc3c2)c2ccccc2)c1. The predicted octanol–water partition coefficient (Wildman–Crippen LogP) is 5.64. The second-order valence-electron chi connectivity index (χ2n) is 6.77. The lowest BCUT2D eigenvalue weighted by Crippen LogP contribution is -2.27. The van der Waals surface area contributed by atoms with E-state index in [2.05, 4.69) is 34.9 Å². The molecule has 29 heavy (non-hydrogen) atoms. The molecule has 4 heteroatoms. The lowest BCUT2D eigenvalue weighted by Gasteiger charge is -2.20. The van der Waals surface area contributed by atoms with Crippen LogP contribution in [0, 0.1) is 0 Å². The van der Waals surface area contributed by atoms with Crippen LogP contribution in [-0.4, -0.2) is 13.0 Å². The van der Waals surface area contributed by atoms with Crippen LogP contribution in [0.4, 0.5) is 11.4 Å². The van der Waals surface area contributed by atoms with E-state index in [1.165, 1.54) is 0 Å². The zero-order valence-electron chi connectivity index (χ0n) is 16.1. The van der Waals surface area contributed by atoms with Gasteiger partial charge in [0.25, 0.3) is 5.91 Å². The number of carbonyl (C=O) groups excluding carboxylic acids is 1. The highest BCUT2D eigenvalue weighted by Crippen LogP contribution is 2.25. The summed E-state index contributed by atoms with van der Waals surface area (Å²) in [7, 11) is 1.61. The molecular formula is C25H22N2O2. The van der Waals surface area contributed by atoms with Crippen molar-refractivity contribution in [2.45, 2.75) is 6.04 Å². The van der Waals surface area contributed by atoms with Crippen LogP contribution in [0.15, 0.2) is 97.1 Å². The highest BCUT2D eigenvalue weighted by Gasteiger charge is 2.21. The Morgan fingerprint density at radius 1 is 0.759 bits per heavy atom. The van der Waals surface area contributed by atoms with Crippen molar-refractivity contribution in [3.8, 4) is 5.75 Å². The van der Waals surface area contributed by atoms with Crippen molar-refractivity contribution in [1.29, 1.82) is 0 Å². The summed E-state index contributed by atoms with van der Waals surface area (Å²) in [6, 6.07) is 30.8. The van der Waals surface area contributed by atoms with E-state index >= 15 is 0 Å². The number of benzene rings is 4. The molecule has 0 aromatic heterocycles. The summed E-state index contributed by atoms with van der Waals surface area (Å²) in [5.41, 5.74) is 2.47. The number of methoxy groups -OCH3 is 1. The Morgan fingerprint density at radius 2 is 1.52 bits per heavy atom. The summed E-state index contributed by atoms with van der Waals surface area (Å²) in [6.07, 6.45) is 0. The third-order valence-electron chi connectivity index (χ3n) is 4.79. The maximum atomic E-state index is 13.2. The van der Waals surface area contributed by atoms with E-state index in [0.717, 1.165) is 22.0 Å². The first-order valence-corrected chi connectivity index (χ1v) is 9.48. The average Bonchev–Trinajstić information content (AvgIpc) is 2.78. The van der Waals surface area contributed by atoms with Crippen LogP contribution in [0.2, 0.25) is 0 Å². The van der Waals surface area contributed by atoms with E-state index in [0.29, 0.717) is 11.4 Å². The lowest BCUT2D eigenvalue weighted by molar-refractivity contribution is -0.117. The standard InChI is InChI=1S/C25H22N2O2/c1-29-23-13-7-12-21(17-23)27-25(28)24(19-9-3-2-4-10-19)26-22-15-14-18-8-5-6-11-20(18)16-22/h2-17,24,26H,1H3,(H,27,28)/t24-/m0/s1. The molecule has 144 valence electrons. The average molecular weight is 382 g/mol. The summed E-state index contributed by atoms with van der Waals surface area (Å²) in [5, 5.41) is 8.67. The Morgan fingerprint density at radius 3 is 2.31 bits per heavy atom. The third kappa shape index (κ3) is 4.38. The van der Waals surface area contributed by atoms with Crippen molar-refractivity contribution in [2.75, 3.05) is 17.7 Å². The van der Waals surface area contributed by atoms with E-state index in [1.807, 2.05) is 66.7 Å². The van der Waals surface area contributed by atoms with Gasteiger partial charge in [-0.2, -0.15) is 0 Å². The predicted molar refractivity (Wildman–Crippen MR) is 118 cm³/mol. The fourth-order valence-electron chi connectivity index (χ4n) is 3.31. The fourth-order valence-corrected chi connectivity index (χ4v) is 3.31. The Balaban J connectivity index is 1.62. The minimum atomic E-state index is -0.538. The molecule has 0 aliphatic rings. The molecule has 1 atom stereocenters. The van der Waals surface area contributed by atoms with Crippen molar-refractivity contribution >= 4 is 28.1 Å². The number of ether oxygens (including phenoxy) is 1. The number of hydrogen-bond donors (Lipinski definition) is 2. The van der Waals surface area contributed by atoms with Gasteiger partial charge in [-0.3, -0.25) is 4.79 Å². The Kier molecular flexibility index (Phi) is 5.43. The van der Waals surface area contributed by atoms with E-state index in [4.69, 9.17) is 4.74 Å².